The minimum Gasteiger partial charge on any atom is -0.366 e. The van der Waals surface area contributed by atoms with Crippen LogP contribution in [-0.2, 0) is 4.79 Å². The van der Waals surface area contributed by atoms with Crippen LogP contribution in [0.25, 0.3) is 5.69 Å². The Morgan fingerprint density at radius 2 is 1.86 bits per heavy atom. The highest BCUT2D eigenvalue weighted by atomic mass is 32.2. The predicted molar refractivity (Wildman–Crippen MR) is 108 cm³/mol. The standard InChI is InChI=1S/C19H20N6O2S/c1-11-4-5-12(2)16(10-11)25-19(22-23-24-25)28-13(3)18(27)21-15-8-6-14(7-9-15)17(20)26/h4-10,13H,1-3H3,(H2,20,26)(H,21,27)/t13-/m1/s1. The van der Waals surface area contributed by atoms with Gasteiger partial charge in [0.25, 0.3) is 0 Å². The van der Waals surface area contributed by atoms with Crippen molar-refractivity contribution in [3.8, 4) is 5.69 Å². The van der Waals surface area contributed by atoms with Gasteiger partial charge in [-0.3, -0.25) is 9.59 Å². The number of rotatable bonds is 6. The fourth-order valence-electron chi connectivity index (χ4n) is 2.52. The molecule has 0 bridgehead atoms. The summed E-state index contributed by atoms with van der Waals surface area (Å²) in [5, 5.41) is 14.8. The highest BCUT2D eigenvalue weighted by molar-refractivity contribution is 8.00. The van der Waals surface area contributed by atoms with E-state index >= 15 is 0 Å². The van der Waals surface area contributed by atoms with Gasteiger partial charge >= 0.3 is 0 Å². The first-order valence-electron chi connectivity index (χ1n) is 8.58. The number of primary amides is 1. The topological polar surface area (TPSA) is 116 Å². The molecule has 3 aromatic rings. The summed E-state index contributed by atoms with van der Waals surface area (Å²) in [7, 11) is 0. The normalized spacial score (nSPS) is 11.8. The van der Waals surface area contributed by atoms with Crippen LogP contribution in [0.4, 0.5) is 5.69 Å². The third-order valence-electron chi connectivity index (χ3n) is 4.12. The monoisotopic (exact) mass is 396 g/mol. The third kappa shape index (κ3) is 4.37. The zero-order chi connectivity index (χ0) is 20.3. The lowest BCUT2D eigenvalue weighted by molar-refractivity contribution is -0.115. The number of thioether (sulfide) groups is 1. The fraction of sp³-hybridized carbons (Fsp3) is 0.211. The van der Waals surface area contributed by atoms with Crippen molar-refractivity contribution in [2.45, 2.75) is 31.2 Å². The predicted octanol–water partition coefficient (Wildman–Crippen LogP) is 2.50. The van der Waals surface area contributed by atoms with Crippen LogP contribution in [0.3, 0.4) is 0 Å². The Hall–Kier alpha value is -3.20. The largest absolute Gasteiger partial charge is 0.366 e. The zero-order valence-electron chi connectivity index (χ0n) is 15.7. The molecule has 1 atom stereocenters. The first kappa shape index (κ1) is 19.6. The second kappa shape index (κ2) is 8.22. The van der Waals surface area contributed by atoms with E-state index in [1.807, 2.05) is 32.0 Å². The van der Waals surface area contributed by atoms with E-state index in [9.17, 15) is 9.59 Å². The molecule has 9 heteroatoms. The molecule has 0 radical (unpaired) electrons. The van der Waals surface area contributed by atoms with Crippen molar-refractivity contribution in [3.05, 3.63) is 59.2 Å². The summed E-state index contributed by atoms with van der Waals surface area (Å²) < 4.78 is 1.64. The second-order valence-electron chi connectivity index (χ2n) is 6.35. The van der Waals surface area contributed by atoms with Crippen LogP contribution in [-0.4, -0.2) is 37.3 Å². The number of carbonyl (C=O) groups is 2. The second-order valence-corrected chi connectivity index (χ2v) is 7.66. The molecule has 8 nitrogen and oxygen atoms in total. The molecule has 3 rings (SSSR count). The maximum atomic E-state index is 12.5. The summed E-state index contributed by atoms with van der Waals surface area (Å²) in [5.74, 6) is -0.715. The molecule has 3 N–H and O–H groups in total. The van der Waals surface area contributed by atoms with Gasteiger partial charge in [-0.25, -0.2) is 0 Å². The highest BCUT2D eigenvalue weighted by Crippen LogP contribution is 2.25. The molecule has 28 heavy (non-hydrogen) atoms. The molecule has 0 unspecified atom stereocenters. The molecule has 0 fully saturated rings. The van der Waals surface area contributed by atoms with Gasteiger partial charge in [-0.05, 0) is 72.7 Å². The summed E-state index contributed by atoms with van der Waals surface area (Å²) in [5.41, 5.74) is 9.19. The number of aromatic nitrogens is 4. The number of carbonyl (C=O) groups excluding carboxylic acids is 2. The van der Waals surface area contributed by atoms with Crippen molar-refractivity contribution >= 4 is 29.3 Å². The van der Waals surface area contributed by atoms with Crippen molar-refractivity contribution < 1.29 is 9.59 Å². The molecule has 0 saturated heterocycles. The molecule has 0 aliphatic heterocycles. The van der Waals surface area contributed by atoms with E-state index in [1.165, 1.54) is 11.8 Å². The van der Waals surface area contributed by atoms with Gasteiger partial charge in [0.05, 0.1) is 10.9 Å². The van der Waals surface area contributed by atoms with Gasteiger partial charge in [-0.1, -0.05) is 23.9 Å². The molecule has 1 aromatic heterocycles. The summed E-state index contributed by atoms with van der Waals surface area (Å²) in [6.07, 6.45) is 0. The maximum absolute atomic E-state index is 12.5. The number of benzene rings is 2. The number of nitrogens with zero attached hydrogens (tertiary/aromatic N) is 4. The van der Waals surface area contributed by atoms with Crippen LogP contribution in [0.2, 0.25) is 0 Å². The van der Waals surface area contributed by atoms with E-state index in [2.05, 4.69) is 20.8 Å². The Bertz CT molecular complexity index is 1020. The van der Waals surface area contributed by atoms with Gasteiger partial charge in [-0.2, -0.15) is 4.68 Å². The molecule has 2 aromatic carbocycles. The van der Waals surface area contributed by atoms with Crippen molar-refractivity contribution in [3.63, 3.8) is 0 Å². The van der Waals surface area contributed by atoms with E-state index in [4.69, 9.17) is 5.73 Å². The molecular weight excluding hydrogens is 376 g/mol. The maximum Gasteiger partial charge on any atom is 0.248 e. The Kier molecular flexibility index (Phi) is 5.74. The van der Waals surface area contributed by atoms with E-state index in [1.54, 1.807) is 35.9 Å². The summed E-state index contributed by atoms with van der Waals surface area (Å²) in [6, 6.07) is 12.4. The number of hydrogen-bond acceptors (Lipinski definition) is 6. The van der Waals surface area contributed by atoms with Crippen molar-refractivity contribution in [2.75, 3.05) is 5.32 Å². The molecule has 144 valence electrons. The quantitative estimate of drug-likeness (QED) is 0.619. The average molecular weight is 396 g/mol. The Morgan fingerprint density at radius 1 is 1.14 bits per heavy atom. The van der Waals surface area contributed by atoms with Crippen LogP contribution in [0.5, 0.6) is 0 Å². The average Bonchev–Trinajstić information content (AvgIpc) is 3.12. The van der Waals surface area contributed by atoms with E-state index in [0.717, 1.165) is 16.8 Å². The van der Waals surface area contributed by atoms with E-state index < -0.39 is 11.2 Å². The molecule has 1 heterocycles. The molecule has 0 saturated carbocycles. The molecular formula is C19H20N6O2S. The van der Waals surface area contributed by atoms with Gasteiger partial charge in [-0.15, -0.1) is 5.10 Å². The van der Waals surface area contributed by atoms with Gasteiger partial charge in [0.2, 0.25) is 17.0 Å². The SMILES string of the molecule is Cc1ccc(C)c(-n2nnnc2S[C@H](C)C(=O)Nc2ccc(C(N)=O)cc2)c1. The van der Waals surface area contributed by atoms with E-state index in [0.29, 0.717) is 16.4 Å². The highest BCUT2D eigenvalue weighted by Gasteiger charge is 2.20. The first-order valence-corrected chi connectivity index (χ1v) is 9.46. The van der Waals surface area contributed by atoms with Crippen molar-refractivity contribution in [2.24, 2.45) is 5.73 Å². The number of amides is 2. The zero-order valence-corrected chi connectivity index (χ0v) is 16.5. The Balaban J connectivity index is 1.72. The Morgan fingerprint density at radius 3 is 2.54 bits per heavy atom. The van der Waals surface area contributed by atoms with Gasteiger partial charge in [0, 0.05) is 11.3 Å². The van der Waals surface area contributed by atoms with Crippen LogP contribution in [0.1, 0.15) is 28.4 Å². The summed E-state index contributed by atoms with van der Waals surface area (Å²) in [4.78, 5) is 23.6. The molecule has 0 spiro atoms. The van der Waals surface area contributed by atoms with Crippen molar-refractivity contribution in [1.29, 1.82) is 0 Å². The minimum absolute atomic E-state index is 0.202. The minimum atomic E-state index is -0.514. The van der Waals surface area contributed by atoms with Crippen LogP contribution in [0.15, 0.2) is 47.6 Å². The smallest absolute Gasteiger partial charge is 0.248 e. The molecule has 0 aliphatic rings. The van der Waals surface area contributed by atoms with Crippen LogP contribution < -0.4 is 11.1 Å². The Labute approximate surface area is 166 Å². The van der Waals surface area contributed by atoms with Crippen molar-refractivity contribution in [1.82, 2.24) is 20.2 Å². The van der Waals surface area contributed by atoms with Gasteiger partial charge in [0.15, 0.2) is 0 Å². The van der Waals surface area contributed by atoms with E-state index in [-0.39, 0.29) is 5.91 Å². The number of anilines is 1. The number of hydrogen-bond donors (Lipinski definition) is 2. The van der Waals surface area contributed by atoms with Gasteiger partial charge in [0.1, 0.15) is 0 Å². The molecule has 0 aliphatic carbocycles. The number of tetrazole rings is 1. The number of aryl methyl sites for hydroxylation is 2. The van der Waals surface area contributed by atoms with Crippen LogP contribution in [0, 0.1) is 13.8 Å². The van der Waals surface area contributed by atoms with Crippen LogP contribution >= 0.6 is 11.8 Å². The van der Waals surface area contributed by atoms with Gasteiger partial charge < -0.3 is 11.1 Å². The summed E-state index contributed by atoms with van der Waals surface area (Å²) >= 11 is 1.26. The summed E-state index contributed by atoms with van der Waals surface area (Å²) in [6.45, 7) is 5.76. The molecule has 2 amide bonds. The fourth-order valence-corrected chi connectivity index (χ4v) is 3.33. The lowest BCUT2D eigenvalue weighted by Gasteiger charge is -2.13. The first-order chi connectivity index (χ1) is 13.3. The number of nitrogens with two attached hydrogens (primary N) is 1. The lowest BCUT2D eigenvalue weighted by atomic mass is 10.1. The third-order valence-corrected chi connectivity index (χ3v) is 5.16. The number of nitrogens with one attached hydrogen (secondary N) is 1. The lowest BCUT2D eigenvalue weighted by Crippen LogP contribution is -2.23.